The summed E-state index contributed by atoms with van der Waals surface area (Å²) in [5.41, 5.74) is 5.75. The summed E-state index contributed by atoms with van der Waals surface area (Å²) in [6.07, 6.45) is 7.93. The molecule has 1 heterocycles. The van der Waals surface area contributed by atoms with Gasteiger partial charge in [0.25, 0.3) is 0 Å². The summed E-state index contributed by atoms with van der Waals surface area (Å²) >= 11 is 0. The van der Waals surface area contributed by atoms with Crippen molar-refractivity contribution in [2.24, 2.45) is 17.6 Å². The summed E-state index contributed by atoms with van der Waals surface area (Å²) in [6, 6.07) is 0. The van der Waals surface area contributed by atoms with Crippen LogP contribution in [-0.4, -0.2) is 32.5 Å². The van der Waals surface area contributed by atoms with E-state index in [9.17, 15) is 0 Å². The molecule has 1 aliphatic carbocycles. The summed E-state index contributed by atoms with van der Waals surface area (Å²) in [6.45, 7) is 3.55. The molecule has 0 aromatic rings. The summed E-state index contributed by atoms with van der Waals surface area (Å²) < 4.78 is 11.3. The van der Waals surface area contributed by atoms with Gasteiger partial charge in [0.2, 0.25) is 0 Å². The molecule has 16 heavy (non-hydrogen) atoms. The van der Waals surface area contributed by atoms with Gasteiger partial charge in [-0.15, -0.1) is 0 Å². The lowest BCUT2D eigenvalue weighted by molar-refractivity contribution is 0.0419. The van der Waals surface area contributed by atoms with Crippen LogP contribution in [0.4, 0.5) is 0 Å². The van der Waals surface area contributed by atoms with Crippen LogP contribution >= 0.6 is 0 Å². The van der Waals surface area contributed by atoms with Crippen LogP contribution in [0.5, 0.6) is 0 Å². The van der Waals surface area contributed by atoms with Gasteiger partial charge >= 0.3 is 0 Å². The summed E-state index contributed by atoms with van der Waals surface area (Å²) in [4.78, 5) is 0. The third-order valence-electron chi connectivity index (χ3n) is 4.06. The second kappa shape index (κ2) is 6.58. The van der Waals surface area contributed by atoms with Gasteiger partial charge in [0.1, 0.15) is 0 Å². The van der Waals surface area contributed by atoms with Gasteiger partial charge in [0.05, 0.1) is 6.10 Å². The Labute approximate surface area is 98.7 Å². The maximum absolute atomic E-state index is 5.78. The van der Waals surface area contributed by atoms with Crippen molar-refractivity contribution >= 4 is 0 Å². The van der Waals surface area contributed by atoms with Gasteiger partial charge in [-0.1, -0.05) is 6.42 Å². The molecule has 2 fully saturated rings. The lowest BCUT2D eigenvalue weighted by atomic mass is 9.97. The topological polar surface area (TPSA) is 44.5 Å². The minimum absolute atomic E-state index is 0.467. The van der Waals surface area contributed by atoms with Crippen molar-refractivity contribution in [3.63, 3.8) is 0 Å². The fraction of sp³-hybridized carbons (Fsp3) is 1.00. The Bertz CT molecular complexity index is 192. The minimum atomic E-state index is 0.467. The van der Waals surface area contributed by atoms with Crippen LogP contribution in [0.3, 0.4) is 0 Å². The van der Waals surface area contributed by atoms with Crippen molar-refractivity contribution in [1.82, 2.24) is 0 Å². The molecule has 1 saturated carbocycles. The zero-order valence-corrected chi connectivity index (χ0v) is 10.2. The van der Waals surface area contributed by atoms with Crippen LogP contribution in [0.2, 0.25) is 0 Å². The zero-order chi connectivity index (χ0) is 11.2. The average molecular weight is 227 g/mol. The lowest BCUT2D eigenvalue weighted by Gasteiger charge is -2.18. The van der Waals surface area contributed by atoms with Gasteiger partial charge in [0.15, 0.2) is 0 Å². The third-order valence-corrected chi connectivity index (χ3v) is 4.06. The molecule has 3 atom stereocenters. The first-order chi connectivity index (χ1) is 7.90. The number of nitrogens with two attached hydrogens (primary N) is 1. The Balaban J connectivity index is 1.53. The Morgan fingerprint density at radius 2 is 2.00 bits per heavy atom. The van der Waals surface area contributed by atoms with E-state index in [1.54, 1.807) is 0 Å². The van der Waals surface area contributed by atoms with E-state index in [1.165, 1.54) is 32.1 Å². The number of hydrogen-bond donors (Lipinski definition) is 1. The van der Waals surface area contributed by atoms with E-state index < -0.39 is 0 Å². The first-order valence-corrected chi connectivity index (χ1v) is 6.79. The molecule has 0 spiro atoms. The highest BCUT2D eigenvalue weighted by molar-refractivity contribution is 4.77. The third kappa shape index (κ3) is 3.44. The van der Waals surface area contributed by atoms with Crippen LogP contribution < -0.4 is 5.73 Å². The fourth-order valence-electron chi connectivity index (χ4n) is 2.96. The zero-order valence-electron chi connectivity index (χ0n) is 10.2. The fourth-order valence-corrected chi connectivity index (χ4v) is 2.96. The molecule has 3 nitrogen and oxygen atoms in total. The number of rotatable bonds is 6. The molecule has 0 aromatic heterocycles. The van der Waals surface area contributed by atoms with Crippen LogP contribution in [-0.2, 0) is 9.47 Å². The molecule has 0 radical (unpaired) electrons. The molecular weight excluding hydrogens is 202 g/mol. The van der Waals surface area contributed by atoms with Crippen LogP contribution in [0, 0.1) is 11.8 Å². The maximum Gasteiger partial charge on any atom is 0.0597 e. The predicted molar refractivity (Wildman–Crippen MR) is 64.3 cm³/mol. The van der Waals surface area contributed by atoms with E-state index >= 15 is 0 Å². The van der Waals surface area contributed by atoms with Crippen molar-refractivity contribution in [3.05, 3.63) is 0 Å². The Hall–Kier alpha value is -0.120. The highest BCUT2D eigenvalue weighted by atomic mass is 16.5. The second-order valence-corrected chi connectivity index (χ2v) is 5.19. The summed E-state index contributed by atoms with van der Waals surface area (Å²) in [5.74, 6) is 1.43. The van der Waals surface area contributed by atoms with Crippen molar-refractivity contribution in [2.75, 3.05) is 26.4 Å². The van der Waals surface area contributed by atoms with Gasteiger partial charge in [-0.2, -0.15) is 0 Å². The van der Waals surface area contributed by atoms with Crippen LogP contribution in [0.25, 0.3) is 0 Å². The Morgan fingerprint density at radius 1 is 1.12 bits per heavy atom. The van der Waals surface area contributed by atoms with E-state index in [2.05, 4.69) is 0 Å². The Kier molecular flexibility index (Phi) is 5.07. The molecule has 1 saturated heterocycles. The molecule has 2 aliphatic rings. The quantitative estimate of drug-likeness (QED) is 0.705. The standard InChI is InChI=1S/C13H25NO2/c14-9-11-3-1-4-12(11)10-15-8-6-13-5-2-7-16-13/h11-13H,1-10,14H2. The van der Waals surface area contributed by atoms with Gasteiger partial charge in [-0.25, -0.2) is 0 Å². The first-order valence-electron chi connectivity index (χ1n) is 6.79. The van der Waals surface area contributed by atoms with Crippen LogP contribution in [0.15, 0.2) is 0 Å². The summed E-state index contributed by atoms with van der Waals surface area (Å²) in [5, 5.41) is 0. The van der Waals surface area contributed by atoms with E-state index in [-0.39, 0.29) is 0 Å². The van der Waals surface area contributed by atoms with E-state index in [1.807, 2.05) is 0 Å². The van der Waals surface area contributed by atoms with E-state index in [0.29, 0.717) is 12.0 Å². The highest BCUT2D eigenvalue weighted by Crippen LogP contribution is 2.31. The molecular formula is C13H25NO2. The molecule has 3 heteroatoms. The largest absolute Gasteiger partial charge is 0.381 e. The normalized spacial score (nSPS) is 34.7. The van der Waals surface area contributed by atoms with Crippen molar-refractivity contribution in [3.8, 4) is 0 Å². The molecule has 2 N–H and O–H groups in total. The molecule has 0 aromatic carbocycles. The smallest absolute Gasteiger partial charge is 0.0597 e. The molecule has 3 unspecified atom stereocenters. The first kappa shape index (κ1) is 12.3. The van der Waals surface area contributed by atoms with Gasteiger partial charge in [-0.3, -0.25) is 0 Å². The minimum Gasteiger partial charge on any atom is -0.381 e. The number of ether oxygens (including phenoxy) is 2. The predicted octanol–water partition coefficient (Wildman–Crippen LogP) is 1.95. The summed E-state index contributed by atoms with van der Waals surface area (Å²) in [7, 11) is 0. The number of hydrogen-bond acceptors (Lipinski definition) is 3. The van der Waals surface area contributed by atoms with Gasteiger partial charge in [-0.05, 0) is 50.5 Å². The molecule has 2 rings (SSSR count). The van der Waals surface area contributed by atoms with Gasteiger partial charge < -0.3 is 15.2 Å². The second-order valence-electron chi connectivity index (χ2n) is 5.19. The highest BCUT2D eigenvalue weighted by Gasteiger charge is 2.26. The van der Waals surface area contributed by atoms with Crippen LogP contribution in [0.1, 0.15) is 38.5 Å². The van der Waals surface area contributed by atoms with Crippen molar-refractivity contribution in [2.45, 2.75) is 44.6 Å². The SMILES string of the molecule is NCC1CCCC1COCCC1CCCO1. The van der Waals surface area contributed by atoms with Crippen molar-refractivity contribution < 1.29 is 9.47 Å². The van der Waals surface area contributed by atoms with E-state index in [4.69, 9.17) is 15.2 Å². The van der Waals surface area contributed by atoms with Gasteiger partial charge in [0, 0.05) is 19.8 Å². The van der Waals surface area contributed by atoms with E-state index in [0.717, 1.165) is 38.7 Å². The molecule has 0 bridgehead atoms. The monoisotopic (exact) mass is 227 g/mol. The lowest BCUT2D eigenvalue weighted by Crippen LogP contribution is -2.23. The maximum atomic E-state index is 5.78. The molecule has 94 valence electrons. The molecule has 0 amide bonds. The molecule has 1 aliphatic heterocycles. The Morgan fingerprint density at radius 3 is 2.75 bits per heavy atom. The average Bonchev–Trinajstić information content (AvgIpc) is 2.95. The van der Waals surface area contributed by atoms with Crippen molar-refractivity contribution in [1.29, 1.82) is 0 Å².